The van der Waals surface area contributed by atoms with Crippen LogP contribution in [0.4, 0.5) is 0 Å². The molecule has 0 amide bonds. The zero-order valence-corrected chi connectivity index (χ0v) is 17.2. The van der Waals surface area contributed by atoms with E-state index in [0.29, 0.717) is 12.2 Å². The number of nitrogens with zero attached hydrogens (tertiary/aromatic N) is 3. The molecule has 138 valence electrons. The molecule has 0 fully saturated rings. The Balaban J connectivity index is 1.94. The van der Waals surface area contributed by atoms with Crippen LogP contribution >= 0.6 is 0 Å². The number of carbonyl (C=O) groups excluding carboxylic acids is 1. The van der Waals surface area contributed by atoms with Crippen LogP contribution in [0.5, 0.6) is 0 Å². The molecule has 5 heteroatoms. The molecule has 28 heavy (non-hydrogen) atoms. The quantitative estimate of drug-likeness (QED) is 0.377. The van der Waals surface area contributed by atoms with Gasteiger partial charge in [0, 0.05) is 16.7 Å². The summed E-state index contributed by atoms with van der Waals surface area (Å²) < 4.78 is 1.97. The minimum atomic E-state index is -1.47. The highest BCUT2D eigenvalue weighted by Crippen LogP contribution is 2.27. The highest BCUT2D eigenvalue weighted by Gasteiger charge is 2.21. The largest absolute Gasteiger partial charge is 0.300 e. The SMILES string of the molecule is C[Si](C)(C)C#Cc1ccc2c(c1)C(c1ccccc1)=NCc1c(C=O)ncn1-2. The summed E-state index contributed by atoms with van der Waals surface area (Å²) >= 11 is 0. The molecule has 0 bridgehead atoms. The van der Waals surface area contributed by atoms with E-state index in [1.807, 2.05) is 34.9 Å². The number of rotatable bonds is 2. The molecule has 0 unspecified atom stereocenters. The number of fused-ring (bicyclic) bond motifs is 3. The van der Waals surface area contributed by atoms with Gasteiger partial charge >= 0.3 is 0 Å². The van der Waals surface area contributed by atoms with Gasteiger partial charge < -0.3 is 0 Å². The fraction of sp³-hybridized carbons (Fsp3) is 0.174. The molecule has 4 nitrogen and oxygen atoms in total. The molecule has 3 aromatic rings. The highest BCUT2D eigenvalue weighted by molar-refractivity contribution is 6.83. The van der Waals surface area contributed by atoms with Gasteiger partial charge in [-0.2, -0.15) is 0 Å². The maximum Gasteiger partial charge on any atom is 0.170 e. The first kappa shape index (κ1) is 18.1. The number of hydrogen-bond acceptors (Lipinski definition) is 3. The number of aliphatic imine (C=N–C) groups is 1. The lowest BCUT2D eigenvalue weighted by atomic mass is 9.98. The Morgan fingerprint density at radius 3 is 2.61 bits per heavy atom. The molecule has 0 saturated heterocycles. The van der Waals surface area contributed by atoms with Crippen LogP contribution < -0.4 is 0 Å². The van der Waals surface area contributed by atoms with Gasteiger partial charge in [-0.05, 0) is 18.2 Å². The molecule has 1 aromatic heterocycles. The molecule has 0 N–H and O–H groups in total. The molecule has 1 aliphatic rings. The summed E-state index contributed by atoms with van der Waals surface area (Å²) in [6.07, 6.45) is 2.50. The summed E-state index contributed by atoms with van der Waals surface area (Å²) in [7, 11) is -1.47. The number of imidazole rings is 1. The monoisotopic (exact) mass is 383 g/mol. The molecule has 0 aliphatic carbocycles. The van der Waals surface area contributed by atoms with E-state index >= 15 is 0 Å². The van der Waals surface area contributed by atoms with Crippen molar-refractivity contribution in [3.8, 4) is 17.2 Å². The second-order valence-corrected chi connectivity index (χ2v) is 12.6. The molecule has 1 aliphatic heterocycles. The van der Waals surface area contributed by atoms with Crippen LogP contribution in [0.2, 0.25) is 19.6 Å². The summed E-state index contributed by atoms with van der Waals surface area (Å²) in [5, 5.41) is 0. The average molecular weight is 384 g/mol. The third-order valence-corrected chi connectivity index (χ3v) is 5.41. The summed E-state index contributed by atoms with van der Waals surface area (Å²) in [6, 6.07) is 16.3. The van der Waals surface area contributed by atoms with E-state index in [0.717, 1.165) is 40.1 Å². The van der Waals surface area contributed by atoms with Crippen molar-refractivity contribution in [2.75, 3.05) is 0 Å². The Labute approximate surface area is 166 Å². The van der Waals surface area contributed by atoms with Crippen molar-refractivity contribution in [1.29, 1.82) is 0 Å². The van der Waals surface area contributed by atoms with Crippen LogP contribution in [0.25, 0.3) is 5.69 Å². The summed E-state index contributed by atoms with van der Waals surface area (Å²) in [4.78, 5) is 20.5. The highest BCUT2D eigenvalue weighted by atomic mass is 28.3. The number of aromatic nitrogens is 2. The van der Waals surface area contributed by atoms with Crippen LogP contribution in [-0.2, 0) is 6.54 Å². The first-order chi connectivity index (χ1) is 13.5. The van der Waals surface area contributed by atoms with Gasteiger partial charge in [0.15, 0.2) is 6.29 Å². The van der Waals surface area contributed by atoms with E-state index < -0.39 is 8.07 Å². The molecule has 2 aromatic carbocycles. The topological polar surface area (TPSA) is 47.2 Å². The first-order valence-corrected chi connectivity index (χ1v) is 12.8. The summed E-state index contributed by atoms with van der Waals surface area (Å²) in [5.74, 6) is 3.34. The van der Waals surface area contributed by atoms with Gasteiger partial charge in [0.05, 0.1) is 23.6 Å². The predicted octanol–water partition coefficient (Wildman–Crippen LogP) is 4.26. The van der Waals surface area contributed by atoms with Gasteiger partial charge in [-0.3, -0.25) is 14.4 Å². The second-order valence-electron chi connectivity index (χ2n) is 7.83. The third-order valence-electron chi connectivity index (χ3n) is 4.54. The Kier molecular flexibility index (Phi) is 4.58. The minimum absolute atomic E-state index is 0.406. The number of benzene rings is 2. The van der Waals surface area contributed by atoms with Crippen molar-refractivity contribution >= 4 is 20.1 Å². The molecule has 0 radical (unpaired) electrons. The fourth-order valence-corrected chi connectivity index (χ4v) is 3.73. The lowest BCUT2D eigenvalue weighted by molar-refractivity contribution is 0.111. The van der Waals surface area contributed by atoms with Crippen LogP contribution in [-0.4, -0.2) is 29.6 Å². The van der Waals surface area contributed by atoms with Crippen molar-refractivity contribution in [2.24, 2.45) is 4.99 Å². The smallest absolute Gasteiger partial charge is 0.170 e. The van der Waals surface area contributed by atoms with Crippen molar-refractivity contribution in [1.82, 2.24) is 9.55 Å². The van der Waals surface area contributed by atoms with E-state index in [-0.39, 0.29) is 0 Å². The second kappa shape index (κ2) is 7.06. The van der Waals surface area contributed by atoms with E-state index in [2.05, 4.69) is 54.3 Å². The molecule has 0 saturated carbocycles. The van der Waals surface area contributed by atoms with Crippen LogP contribution in [0, 0.1) is 11.5 Å². The van der Waals surface area contributed by atoms with Gasteiger partial charge in [-0.25, -0.2) is 4.98 Å². The van der Waals surface area contributed by atoms with Gasteiger partial charge in [0.2, 0.25) is 0 Å². The predicted molar refractivity (Wildman–Crippen MR) is 115 cm³/mol. The lowest BCUT2D eigenvalue weighted by Gasteiger charge is -2.12. The van der Waals surface area contributed by atoms with E-state index in [1.165, 1.54) is 0 Å². The van der Waals surface area contributed by atoms with Crippen LogP contribution in [0.15, 0.2) is 59.9 Å². The normalized spacial score (nSPS) is 12.8. The van der Waals surface area contributed by atoms with E-state index in [4.69, 9.17) is 4.99 Å². The number of carbonyl (C=O) groups is 1. The Bertz CT molecular complexity index is 1140. The number of hydrogen-bond donors (Lipinski definition) is 0. The van der Waals surface area contributed by atoms with Gasteiger partial charge in [0.1, 0.15) is 20.1 Å². The van der Waals surface area contributed by atoms with Gasteiger partial charge in [-0.15, -0.1) is 5.54 Å². The van der Waals surface area contributed by atoms with Crippen molar-refractivity contribution < 1.29 is 4.79 Å². The fourth-order valence-electron chi connectivity index (χ4n) is 3.21. The molecular weight excluding hydrogens is 362 g/mol. The Hall–Kier alpha value is -3.23. The molecule has 2 heterocycles. The summed E-state index contributed by atoms with van der Waals surface area (Å²) in [6.45, 7) is 7.11. The molecule has 4 rings (SSSR count). The Morgan fingerprint density at radius 1 is 1.11 bits per heavy atom. The zero-order valence-electron chi connectivity index (χ0n) is 16.2. The van der Waals surface area contributed by atoms with E-state index in [9.17, 15) is 4.79 Å². The minimum Gasteiger partial charge on any atom is -0.300 e. The third kappa shape index (κ3) is 3.47. The molecular formula is C23H21N3OSi. The summed E-state index contributed by atoms with van der Waals surface area (Å²) in [5.41, 5.74) is 9.58. The standard InChI is InChI=1S/C23H21N3OSi/c1-28(2,3)12-11-17-9-10-21-19(13-17)23(18-7-5-4-6-8-18)24-14-22-20(15-27)25-16-26(21)22/h4-10,13,15-16H,14H2,1-3H3. The molecule has 0 spiro atoms. The maximum absolute atomic E-state index is 11.4. The first-order valence-electron chi connectivity index (χ1n) is 9.25. The van der Waals surface area contributed by atoms with Crippen molar-refractivity contribution in [2.45, 2.75) is 26.2 Å². The maximum atomic E-state index is 11.4. The van der Waals surface area contributed by atoms with Crippen molar-refractivity contribution in [3.05, 3.63) is 82.9 Å². The van der Waals surface area contributed by atoms with E-state index in [1.54, 1.807) is 6.33 Å². The van der Waals surface area contributed by atoms with Crippen molar-refractivity contribution in [3.63, 3.8) is 0 Å². The van der Waals surface area contributed by atoms with Gasteiger partial charge in [-0.1, -0.05) is 55.9 Å². The van der Waals surface area contributed by atoms with Crippen LogP contribution in [0.1, 0.15) is 32.9 Å². The zero-order chi connectivity index (χ0) is 19.7. The molecule has 0 atom stereocenters. The Morgan fingerprint density at radius 2 is 1.89 bits per heavy atom. The average Bonchev–Trinajstić information content (AvgIpc) is 3.02. The van der Waals surface area contributed by atoms with Crippen LogP contribution in [0.3, 0.4) is 0 Å². The van der Waals surface area contributed by atoms with Gasteiger partial charge in [0.25, 0.3) is 0 Å². The number of aldehydes is 1. The lowest BCUT2D eigenvalue weighted by Crippen LogP contribution is -2.16.